The van der Waals surface area contributed by atoms with Crippen molar-refractivity contribution in [1.29, 1.82) is 0 Å². The van der Waals surface area contributed by atoms with E-state index in [9.17, 15) is 8.78 Å². The summed E-state index contributed by atoms with van der Waals surface area (Å²) in [7, 11) is 0. The standard InChI is InChI=1S/C19H15Cl2F2N3/c20-11-4-7-15(21)17(9-11)26-19-14(3-1-2-8-24-19)18(25-26)13-6-5-12(22)10-16(13)23/h4-7,9-10,24H,1-3,8H2. The topological polar surface area (TPSA) is 29.9 Å². The van der Waals surface area contributed by atoms with Gasteiger partial charge in [-0.25, -0.2) is 13.5 Å². The Kier molecular flexibility index (Phi) is 4.59. The molecule has 2 heterocycles. The number of hydrogen-bond acceptors (Lipinski definition) is 2. The van der Waals surface area contributed by atoms with Crippen molar-refractivity contribution in [2.75, 3.05) is 11.9 Å². The van der Waals surface area contributed by atoms with Crippen LogP contribution in [0.25, 0.3) is 16.9 Å². The minimum atomic E-state index is -0.640. The summed E-state index contributed by atoms with van der Waals surface area (Å²) >= 11 is 12.5. The first-order chi connectivity index (χ1) is 12.5. The lowest BCUT2D eigenvalue weighted by Crippen LogP contribution is -2.07. The van der Waals surface area contributed by atoms with Crippen LogP contribution in [0.4, 0.5) is 14.6 Å². The Bertz CT molecular complexity index is 985. The van der Waals surface area contributed by atoms with E-state index in [1.807, 2.05) is 0 Å². The lowest BCUT2D eigenvalue weighted by molar-refractivity contribution is 0.585. The van der Waals surface area contributed by atoms with Crippen molar-refractivity contribution in [3.8, 4) is 16.9 Å². The lowest BCUT2D eigenvalue weighted by Gasteiger charge is -2.11. The third-order valence-corrected chi connectivity index (χ3v) is 5.01. The molecule has 0 unspecified atom stereocenters. The van der Waals surface area contributed by atoms with Crippen LogP contribution in [0.2, 0.25) is 10.0 Å². The zero-order chi connectivity index (χ0) is 18.3. The summed E-state index contributed by atoms with van der Waals surface area (Å²) < 4.78 is 29.4. The molecule has 0 saturated heterocycles. The number of benzene rings is 2. The van der Waals surface area contributed by atoms with Crippen molar-refractivity contribution in [2.45, 2.75) is 19.3 Å². The average molecular weight is 394 g/mol. The van der Waals surface area contributed by atoms with Crippen LogP contribution in [0, 0.1) is 11.6 Å². The van der Waals surface area contributed by atoms with Gasteiger partial charge in [0.25, 0.3) is 0 Å². The molecule has 0 fully saturated rings. The van der Waals surface area contributed by atoms with Gasteiger partial charge in [0.1, 0.15) is 23.1 Å². The second-order valence-electron chi connectivity index (χ2n) is 6.19. The van der Waals surface area contributed by atoms with Crippen LogP contribution in [0.3, 0.4) is 0 Å². The number of nitrogens with zero attached hydrogens (tertiary/aromatic N) is 2. The SMILES string of the molecule is Fc1ccc(-c2nn(-c3cc(Cl)ccc3Cl)c3c2CCCCN3)c(F)c1. The van der Waals surface area contributed by atoms with Crippen molar-refractivity contribution in [1.82, 2.24) is 9.78 Å². The highest BCUT2D eigenvalue weighted by Gasteiger charge is 2.24. The molecule has 1 N–H and O–H groups in total. The predicted molar refractivity (Wildman–Crippen MR) is 100 cm³/mol. The Morgan fingerprint density at radius 2 is 1.88 bits per heavy atom. The molecule has 1 aromatic heterocycles. The number of halogens is 4. The van der Waals surface area contributed by atoms with E-state index in [4.69, 9.17) is 23.2 Å². The minimum absolute atomic E-state index is 0.267. The summed E-state index contributed by atoms with van der Waals surface area (Å²) in [6.45, 7) is 0.780. The molecule has 3 nitrogen and oxygen atoms in total. The maximum atomic E-state index is 14.4. The summed E-state index contributed by atoms with van der Waals surface area (Å²) in [4.78, 5) is 0. The van der Waals surface area contributed by atoms with Crippen molar-refractivity contribution < 1.29 is 8.78 Å². The molecule has 0 radical (unpaired) electrons. The second kappa shape index (κ2) is 6.89. The molecule has 3 aromatic rings. The number of hydrogen-bond donors (Lipinski definition) is 1. The third kappa shape index (κ3) is 3.06. The van der Waals surface area contributed by atoms with Gasteiger partial charge in [-0.05, 0) is 49.6 Å². The number of nitrogens with one attached hydrogen (secondary N) is 1. The Labute approximate surface area is 159 Å². The second-order valence-corrected chi connectivity index (χ2v) is 7.03. The van der Waals surface area contributed by atoms with Gasteiger partial charge < -0.3 is 5.32 Å². The molecular weight excluding hydrogens is 379 g/mol. The smallest absolute Gasteiger partial charge is 0.135 e. The fourth-order valence-corrected chi connectivity index (χ4v) is 3.59. The van der Waals surface area contributed by atoms with Crippen LogP contribution >= 0.6 is 23.2 Å². The molecule has 0 amide bonds. The molecule has 2 aromatic carbocycles. The molecule has 0 bridgehead atoms. The van der Waals surface area contributed by atoms with E-state index in [2.05, 4.69) is 10.4 Å². The van der Waals surface area contributed by atoms with Crippen molar-refractivity contribution in [2.24, 2.45) is 0 Å². The molecule has 26 heavy (non-hydrogen) atoms. The quantitative estimate of drug-likeness (QED) is 0.589. The number of fused-ring (bicyclic) bond motifs is 1. The normalized spacial score (nSPS) is 13.8. The summed E-state index contributed by atoms with van der Waals surface area (Å²) in [5.41, 5.74) is 2.26. The number of anilines is 1. The van der Waals surface area contributed by atoms with Crippen LogP contribution in [0.1, 0.15) is 18.4 Å². The fourth-order valence-electron chi connectivity index (χ4n) is 3.22. The molecular formula is C19H15Cl2F2N3. The first kappa shape index (κ1) is 17.3. The zero-order valence-electron chi connectivity index (χ0n) is 13.7. The highest BCUT2D eigenvalue weighted by Crippen LogP contribution is 2.37. The van der Waals surface area contributed by atoms with Gasteiger partial charge in [0, 0.05) is 28.8 Å². The Morgan fingerprint density at radius 3 is 2.69 bits per heavy atom. The first-order valence-electron chi connectivity index (χ1n) is 8.31. The largest absolute Gasteiger partial charge is 0.370 e. The zero-order valence-corrected chi connectivity index (χ0v) is 15.2. The first-order valence-corrected chi connectivity index (χ1v) is 9.07. The predicted octanol–water partition coefficient (Wildman–Crippen LogP) is 5.87. The van der Waals surface area contributed by atoms with Crippen molar-refractivity contribution >= 4 is 29.0 Å². The van der Waals surface area contributed by atoms with Crippen LogP contribution in [-0.4, -0.2) is 16.3 Å². The number of rotatable bonds is 2. The summed E-state index contributed by atoms with van der Waals surface area (Å²) in [6.07, 6.45) is 2.68. The van der Waals surface area contributed by atoms with Crippen molar-refractivity contribution in [3.63, 3.8) is 0 Å². The maximum absolute atomic E-state index is 14.4. The Balaban J connectivity index is 1.96. The highest BCUT2D eigenvalue weighted by molar-refractivity contribution is 6.34. The van der Waals surface area contributed by atoms with Crippen LogP contribution in [-0.2, 0) is 6.42 Å². The van der Waals surface area contributed by atoms with Gasteiger partial charge in [-0.2, -0.15) is 5.10 Å². The van der Waals surface area contributed by atoms with Crippen LogP contribution in [0.5, 0.6) is 0 Å². The third-order valence-electron chi connectivity index (χ3n) is 4.45. The van der Waals surface area contributed by atoms with Gasteiger partial charge in [-0.1, -0.05) is 23.2 Å². The molecule has 7 heteroatoms. The van der Waals surface area contributed by atoms with E-state index in [1.54, 1.807) is 22.9 Å². The van der Waals surface area contributed by atoms with E-state index < -0.39 is 11.6 Å². The van der Waals surface area contributed by atoms with Gasteiger partial charge in [0.2, 0.25) is 0 Å². The summed E-state index contributed by atoms with van der Waals surface area (Å²) in [5, 5.41) is 8.99. The van der Waals surface area contributed by atoms with Gasteiger partial charge in [-0.3, -0.25) is 0 Å². The molecule has 134 valence electrons. The molecule has 1 aliphatic rings. The van der Waals surface area contributed by atoms with Gasteiger partial charge >= 0.3 is 0 Å². The number of aromatic nitrogens is 2. The maximum Gasteiger partial charge on any atom is 0.135 e. The van der Waals surface area contributed by atoms with E-state index in [0.717, 1.165) is 43.3 Å². The van der Waals surface area contributed by atoms with Crippen molar-refractivity contribution in [3.05, 3.63) is 63.6 Å². The van der Waals surface area contributed by atoms with E-state index >= 15 is 0 Å². The average Bonchev–Trinajstić information content (AvgIpc) is 2.78. The van der Waals surface area contributed by atoms with Gasteiger partial charge in [0.15, 0.2) is 0 Å². The van der Waals surface area contributed by atoms with E-state index in [0.29, 0.717) is 21.4 Å². The highest BCUT2D eigenvalue weighted by atomic mass is 35.5. The Morgan fingerprint density at radius 1 is 1.04 bits per heavy atom. The fraction of sp³-hybridized carbons (Fsp3) is 0.211. The molecule has 0 aliphatic carbocycles. The Hall–Kier alpha value is -2.11. The van der Waals surface area contributed by atoms with E-state index in [-0.39, 0.29) is 5.56 Å². The molecule has 0 spiro atoms. The molecule has 1 aliphatic heterocycles. The summed E-state index contributed by atoms with van der Waals surface area (Å²) in [6, 6.07) is 8.64. The summed E-state index contributed by atoms with van der Waals surface area (Å²) in [5.74, 6) is -0.489. The van der Waals surface area contributed by atoms with Gasteiger partial charge in [-0.15, -0.1) is 0 Å². The lowest BCUT2D eigenvalue weighted by atomic mass is 10.0. The monoisotopic (exact) mass is 393 g/mol. The minimum Gasteiger partial charge on any atom is -0.370 e. The van der Waals surface area contributed by atoms with Crippen LogP contribution < -0.4 is 5.32 Å². The van der Waals surface area contributed by atoms with E-state index in [1.165, 1.54) is 12.1 Å². The molecule has 0 saturated carbocycles. The molecule has 0 atom stereocenters. The van der Waals surface area contributed by atoms with Gasteiger partial charge in [0.05, 0.1) is 10.7 Å². The van der Waals surface area contributed by atoms with Crippen LogP contribution in [0.15, 0.2) is 36.4 Å². The molecule has 4 rings (SSSR count).